The third kappa shape index (κ3) is 3.52. The first-order chi connectivity index (χ1) is 11.9. The number of carbonyl (C=O) groups is 1. The fraction of sp³-hybridized carbons (Fsp3) is 0.316. The van der Waals surface area contributed by atoms with E-state index in [1.54, 1.807) is 24.5 Å². The fourth-order valence-corrected chi connectivity index (χ4v) is 2.87. The van der Waals surface area contributed by atoms with Crippen molar-refractivity contribution in [2.75, 3.05) is 18.6 Å². The molecule has 0 N–H and O–H groups in total. The summed E-state index contributed by atoms with van der Waals surface area (Å²) in [6.07, 6.45) is 2.59. The lowest BCUT2D eigenvalue weighted by Crippen LogP contribution is -2.33. The highest BCUT2D eigenvalue weighted by Gasteiger charge is 2.47. The lowest BCUT2D eigenvalue weighted by molar-refractivity contribution is -0.128. The van der Waals surface area contributed by atoms with Crippen molar-refractivity contribution < 1.29 is 13.9 Å². The molecule has 1 fully saturated rings. The summed E-state index contributed by atoms with van der Waals surface area (Å²) >= 11 is 0. The molecule has 1 aliphatic rings. The number of hydrogen-bond acceptors (Lipinski definition) is 4. The normalized spacial score (nSPS) is 18.8. The molecule has 2 heterocycles. The van der Waals surface area contributed by atoms with Gasteiger partial charge in [-0.25, -0.2) is 14.4 Å². The van der Waals surface area contributed by atoms with Crippen LogP contribution in [0.5, 0.6) is 0 Å². The number of anilines is 1. The molecule has 1 saturated heterocycles. The molecule has 5 nitrogen and oxygen atoms in total. The molecule has 3 rings (SSSR count). The van der Waals surface area contributed by atoms with Crippen molar-refractivity contribution in [1.82, 2.24) is 9.97 Å². The zero-order valence-corrected chi connectivity index (χ0v) is 14.3. The van der Waals surface area contributed by atoms with E-state index in [0.717, 1.165) is 0 Å². The third-order valence-electron chi connectivity index (χ3n) is 4.06. The number of ether oxygens (including phenoxy) is 1. The van der Waals surface area contributed by atoms with Crippen molar-refractivity contribution >= 4 is 11.9 Å². The minimum absolute atomic E-state index is 0.147. The van der Waals surface area contributed by atoms with Gasteiger partial charge in [0.05, 0.1) is 5.56 Å². The van der Waals surface area contributed by atoms with Crippen molar-refractivity contribution in [2.45, 2.75) is 20.0 Å². The number of rotatable bonds is 2. The average molecular weight is 339 g/mol. The van der Waals surface area contributed by atoms with E-state index in [9.17, 15) is 9.18 Å². The quantitative estimate of drug-likeness (QED) is 0.789. The molecule has 1 amide bonds. The van der Waals surface area contributed by atoms with Gasteiger partial charge in [0.1, 0.15) is 11.9 Å². The van der Waals surface area contributed by atoms with Gasteiger partial charge in [0, 0.05) is 37.0 Å². The van der Waals surface area contributed by atoms with Crippen LogP contribution in [0, 0.1) is 23.1 Å². The lowest BCUT2D eigenvalue weighted by atomic mass is 9.90. The van der Waals surface area contributed by atoms with E-state index in [0.29, 0.717) is 23.6 Å². The largest absolute Gasteiger partial charge is 0.371 e. The molecule has 0 saturated carbocycles. The summed E-state index contributed by atoms with van der Waals surface area (Å²) in [5, 5.41) is 0. The van der Waals surface area contributed by atoms with Gasteiger partial charge in [-0.1, -0.05) is 31.8 Å². The van der Waals surface area contributed by atoms with Crippen molar-refractivity contribution in [3.05, 3.63) is 53.6 Å². The standard InChI is InChI=1S/C19H18FN3O2/c1-19(2)12-23(17(24)16(19)25-3)18-21-10-14(11-22-18)8-7-13-5-4-6-15(20)9-13/h4-6,9-11,16H,12H2,1-3H3. The Morgan fingerprint density at radius 3 is 2.52 bits per heavy atom. The SMILES string of the molecule is COC1C(=O)N(c2ncc(C#Cc3cccc(F)c3)cn2)CC1(C)C. The number of halogens is 1. The second-order valence-corrected chi connectivity index (χ2v) is 6.56. The first-order valence-corrected chi connectivity index (χ1v) is 7.84. The number of benzene rings is 1. The molecule has 1 aliphatic heterocycles. The van der Waals surface area contributed by atoms with Gasteiger partial charge in [-0.05, 0) is 18.2 Å². The second-order valence-electron chi connectivity index (χ2n) is 6.56. The Hall–Kier alpha value is -2.78. The molecular weight excluding hydrogens is 321 g/mol. The van der Waals surface area contributed by atoms with Crippen molar-refractivity contribution in [3.63, 3.8) is 0 Å². The summed E-state index contributed by atoms with van der Waals surface area (Å²) in [6.45, 7) is 4.43. The van der Waals surface area contributed by atoms with Crippen LogP contribution in [-0.4, -0.2) is 35.6 Å². The summed E-state index contributed by atoms with van der Waals surface area (Å²) < 4.78 is 18.5. The maximum atomic E-state index is 13.1. The fourth-order valence-electron chi connectivity index (χ4n) is 2.87. The van der Waals surface area contributed by atoms with Gasteiger partial charge >= 0.3 is 0 Å². The number of amides is 1. The molecule has 25 heavy (non-hydrogen) atoms. The molecule has 1 aromatic heterocycles. The maximum Gasteiger partial charge on any atom is 0.259 e. The van der Waals surface area contributed by atoms with Crippen LogP contribution in [0.4, 0.5) is 10.3 Å². The zero-order valence-electron chi connectivity index (χ0n) is 14.3. The lowest BCUT2D eigenvalue weighted by Gasteiger charge is -2.21. The van der Waals surface area contributed by atoms with E-state index in [4.69, 9.17) is 4.74 Å². The summed E-state index contributed by atoms with van der Waals surface area (Å²) in [7, 11) is 1.53. The Morgan fingerprint density at radius 1 is 1.24 bits per heavy atom. The molecule has 0 spiro atoms. The van der Waals surface area contributed by atoms with Crippen LogP contribution in [0.2, 0.25) is 0 Å². The van der Waals surface area contributed by atoms with Crippen LogP contribution < -0.4 is 4.90 Å². The van der Waals surface area contributed by atoms with Gasteiger partial charge in [-0.15, -0.1) is 0 Å². The number of carbonyl (C=O) groups excluding carboxylic acids is 1. The van der Waals surface area contributed by atoms with Gasteiger partial charge in [0.15, 0.2) is 0 Å². The monoisotopic (exact) mass is 339 g/mol. The third-order valence-corrected chi connectivity index (χ3v) is 4.06. The molecule has 1 aromatic carbocycles. The topological polar surface area (TPSA) is 55.3 Å². The Balaban J connectivity index is 1.79. The van der Waals surface area contributed by atoms with Crippen LogP contribution in [0.1, 0.15) is 25.0 Å². The summed E-state index contributed by atoms with van der Waals surface area (Å²) in [5.74, 6) is 5.59. The van der Waals surface area contributed by atoms with Crippen molar-refractivity contribution in [1.29, 1.82) is 0 Å². The highest BCUT2D eigenvalue weighted by atomic mass is 19.1. The second kappa shape index (κ2) is 6.61. The van der Waals surface area contributed by atoms with Gasteiger partial charge in [0.2, 0.25) is 5.95 Å². The van der Waals surface area contributed by atoms with Crippen LogP contribution >= 0.6 is 0 Å². The Morgan fingerprint density at radius 2 is 1.92 bits per heavy atom. The molecule has 0 radical (unpaired) electrons. The van der Waals surface area contributed by atoms with Gasteiger partial charge in [-0.3, -0.25) is 9.69 Å². The smallest absolute Gasteiger partial charge is 0.259 e. The van der Waals surface area contributed by atoms with E-state index < -0.39 is 6.10 Å². The van der Waals surface area contributed by atoms with Crippen molar-refractivity contribution in [3.8, 4) is 11.8 Å². The first kappa shape index (κ1) is 17.1. The van der Waals surface area contributed by atoms with Crippen molar-refractivity contribution in [2.24, 2.45) is 5.41 Å². The molecule has 2 aromatic rings. The van der Waals surface area contributed by atoms with Crippen LogP contribution in [-0.2, 0) is 9.53 Å². The van der Waals surface area contributed by atoms with E-state index in [-0.39, 0.29) is 17.1 Å². The number of nitrogens with zero attached hydrogens (tertiary/aromatic N) is 3. The molecular formula is C19H18FN3O2. The molecule has 1 unspecified atom stereocenters. The first-order valence-electron chi connectivity index (χ1n) is 7.84. The number of methoxy groups -OCH3 is 1. The highest BCUT2D eigenvalue weighted by Crippen LogP contribution is 2.34. The predicted octanol–water partition coefficient (Wildman–Crippen LogP) is 2.40. The number of aromatic nitrogens is 2. The van der Waals surface area contributed by atoms with E-state index in [2.05, 4.69) is 21.8 Å². The van der Waals surface area contributed by atoms with Gasteiger partial charge in [-0.2, -0.15) is 0 Å². The molecule has 0 bridgehead atoms. The molecule has 128 valence electrons. The Kier molecular flexibility index (Phi) is 4.51. The highest BCUT2D eigenvalue weighted by molar-refractivity contribution is 5.98. The summed E-state index contributed by atoms with van der Waals surface area (Å²) in [4.78, 5) is 22.4. The van der Waals surface area contributed by atoms with Crippen LogP contribution in [0.15, 0.2) is 36.7 Å². The van der Waals surface area contributed by atoms with Crippen LogP contribution in [0.25, 0.3) is 0 Å². The Bertz CT molecular complexity index is 853. The van der Waals surface area contributed by atoms with E-state index >= 15 is 0 Å². The van der Waals surface area contributed by atoms with E-state index in [1.165, 1.54) is 24.1 Å². The van der Waals surface area contributed by atoms with E-state index in [1.807, 2.05) is 13.8 Å². The predicted molar refractivity (Wildman–Crippen MR) is 91.3 cm³/mol. The molecule has 1 atom stereocenters. The molecule has 0 aliphatic carbocycles. The minimum atomic E-state index is -0.511. The summed E-state index contributed by atoms with van der Waals surface area (Å²) in [5.41, 5.74) is 0.844. The average Bonchev–Trinajstić information content (AvgIpc) is 2.82. The minimum Gasteiger partial charge on any atom is -0.371 e. The maximum absolute atomic E-state index is 13.1. The summed E-state index contributed by atoms with van der Waals surface area (Å²) in [6, 6.07) is 6.05. The Labute approximate surface area is 145 Å². The van der Waals surface area contributed by atoms with Gasteiger partial charge < -0.3 is 4.74 Å². The number of hydrogen-bond donors (Lipinski definition) is 0. The van der Waals surface area contributed by atoms with Gasteiger partial charge in [0.25, 0.3) is 5.91 Å². The van der Waals surface area contributed by atoms with Crippen LogP contribution in [0.3, 0.4) is 0 Å². The zero-order chi connectivity index (χ0) is 18.0. The molecule has 6 heteroatoms.